The molecule has 0 aliphatic carbocycles. The molecule has 0 bridgehead atoms. The van der Waals surface area contributed by atoms with E-state index in [0.29, 0.717) is 11.5 Å². The van der Waals surface area contributed by atoms with E-state index in [4.69, 9.17) is 4.74 Å². The molecule has 25 heavy (non-hydrogen) atoms. The van der Waals surface area contributed by atoms with Crippen LogP contribution in [-0.2, 0) is 9.53 Å². The molecule has 1 N–H and O–H groups in total. The monoisotopic (exact) mass is 466 g/mol. The van der Waals surface area contributed by atoms with Gasteiger partial charge in [0.1, 0.15) is 6.54 Å². The number of aliphatic imine (C=N–C) groups is 1. The largest absolute Gasteiger partial charge is 0.381 e. The van der Waals surface area contributed by atoms with Gasteiger partial charge in [0.05, 0.1) is 0 Å². The van der Waals surface area contributed by atoms with Crippen LogP contribution in [0.15, 0.2) is 4.99 Å². The number of nitrogens with zero attached hydrogens (tertiary/aromatic N) is 3. The molecule has 0 unspecified atom stereocenters. The number of amides is 1. The zero-order valence-electron chi connectivity index (χ0n) is 16.2. The minimum atomic E-state index is 0. The van der Waals surface area contributed by atoms with Crippen molar-refractivity contribution in [3.05, 3.63) is 0 Å². The van der Waals surface area contributed by atoms with Gasteiger partial charge in [-0.05, 0) is 37.5 Å². The highest BCUT2D eigenvalue weighted by atomic mass is 127. The van der Waals surface area contributed by atoms with Gasteiger partial charge in [0.2, 0.25) is 5.91 Å². The van der Waals surface area contributed by atoms with Gasteiger partial charge in [-0.3, -0.25) is 4.79 Å². The lowest BCUT2D eigenvalue weighted by Gasteiger charge is -2.31. The number of likely N-dealkylation sites (N-methyl/N-ethyl adjacent to an activating group) is 1. The van der Waals surface area contributed by atoms with Crippen LogP contribution in [0.3, 0.4) is 0 Å². The SMILES string of the molecule is CCC1(CC)CCN(C(=NCC(=O)N(C)C)NC2CCOCC2)C1.I. The number of nitrogens with one attached hydrogen (secondary N) is 1. The fraction of sp³-hybridized carbons (Fsp3) is 0.889. The van der Waals surface area contributed by atoms with E-state index >= 15 is 0 Å². The Morgan fingerprint density at radius 2 is 1.92 bits per heavy atom. The summed E-state index contributed by atoms with van der Waals surface area (Å²) in [5.41, 5.74) is 0.393. The molecule has 2 fully saturated rings. The molecule has 0 spiro atoms. The molecule has 2 heterocycles. The molecule has 146 valence electrons. The summed E-state index contributed by atoms with van der Waals surface area (Å²) >= 11 is 0. The lowest BCUT2D eigenvalue weighted by atomic mass is 9.82. The summed E-state index contributed by atoms with van der Waals surface area (Å²) in [7, 11) is 3.55. The van der Waals surface area contributed by atoms with Crippen molar-refractivity contribution in [1.29, 1.82) is 0 Å². The zero-order valence-corrected chi connectivity index (χ0v) is 18.5. The highest BCUT2D eigenvalue weighted by Gasteiger charge is 2.36. The van der Waals surface area contributed by atoms with E-state index in [9.17, 15) is 4.79 Å². The average Bonchev–Trinajstić information content (AvgIpc) is 3.04. The summed E-state index contributed by atoms with van der Waals surface area (Å²) in [6.07, 6.45) is 5.60. The molecule has 2 aliphatic rings. The number of hydrogen-bond acceptors (Lipinski definition) is 3. The minimum absolute atomic E-state index is 0. The number of carbonyl (C=O) groups excluding carboxylic acids is 1. The van der Waals surface area contributed by atoms with Gasteiger partial charge in [0.15, 0.2) is 5.96 Å². The van der Waals surface area contributed by atoms with Crippen molar-refractivity contribution in [2.45, 2.75) is 52.0 Å². The zero-order chi connectivity index (χ0) is 17.6. The van der Waals surface area contributed by atoms with Crippen LogP contribution in [0, 0.1) is 5.41 Å². The summed E-state index contributed by atoms with van der Waals surface area (Å²) < 4.78 is 5.45. The van der Waals surface area contributed by atoms with Gasteiger partial charge in [-0.25, -0.2) is 4.99 Å². The molecule has 0 aromatic carbocycles. The van der Waals surface area contributed by atoms with Crippen molar-refractivity contribution in [2.24, 2.45) is 10.4 Å². The van der Waals surface area contributed by atoms with Gasteiger partial charge in [0, 0.05) is 46.4 Å². The van der Waals surface area contributed by atoms with Crippen molar-refractivity contribution in [1.82, 2.24) is 15.1 Å². The van der Waals surface area contributed by atoms with Gasteiger partial charge in [-0.2, -0.15) is 0 Å². The Kier molecular flexibility index (Phi) is 9.48. The van der Waals surface area contributed by atoms with Crippen molar-refractivity contribution >= 4 is 35.8 Å². The number of guanidine groups is 1. The molecule has 2 rings (SSSR count). The first-order valence-electron chi connectivity index (χ1n) is 9.33. The van der Waals surface area contributed by atoms with Crippen molar-refractivity contribution in [3.8, 4) is 0 Å². The number of carbonyl (C=O) groups is 1. The number of likely N-dealkylation sites (tertiary alicyclic amines) is 1. The van der Waals surface area contributed by atoms with E-state index in [1.165, 1.54) is 19.3 Å². The Labute approximate surface area is 169 Å². The molecule has 1 amide bonds. The maximum Gasteiger partial charge on any atom is 0.243 e. The number of rotatable bonds is 5. The van der Waals surface area contributed by atoms with Crippen molar-refractivity contribution < 1.29 is 9.53 Å². The average molecular weight is 466 g/mol. The van der Waals surface area contributed by atoms with Crippen LogP contribution in [0.1, 0.15) is 46.0 Å². The molecule has 2 saturated heterocycles. The minimum Gasteiger partial charge on any atom is -0.381 e. The standard InChI is InChI=1S/C18H34N4O2.HI/c1-5-18(6-2)9-10-22(14-18)17(19-13-16(23)21(3)4)20-15-7-11-24-12-8-15;/h15H,5-14H2,1-4H3,(H,19,20);1H. The smallest absolute Gasteiger partial charge is 0.243 e. The summed E-state index contributed by atoms with van der Waals surface area (Å²) in [5, 5.41) is 3.60. The maximum atomic E-state index is 11.9. The molecular formula is C18H35IN4O2. The first kappa shape index (κ1) is 22.5. The summed E-state index contributed by atoms with van der Waals surface area (Å²) in [4.78, 5) is 20.6. The number of ether oxygens (including phenoxy) is 1. The Hall–Kier alpha value is -0.570. The fourth-order valence-corrected chi connectivity index (χ4v) is 3.49. The summed E-state index contributed by atoms with van der Waals surface area (Å²) in [6, 6.07) is 0.394. The van der Waals surface area contributed by atoms with Gasteiger partial charge in [-0.15, -0.1) is 24.0 Å². The topological polar surface area (TPSA) is 57.2 Å². The van der Waals surface area contributed by atoms with Crippen molar-refractivity contribution in [2.75, 3.05) is 46.9 Å². The van der Waals surface area contributed by atoms with Crippen LogP contribution < -0.4 is 5.32 Å². The predicted octanol–water partition coefficient (Wildman–Crippen LogP) is 2.33. The molecule has 7 heteroatoms. The second kappa shape index (κ2) is 10.5. The fourth-order valence-electron chi connectivity index (χ4n) is 3.49. The maximum absolute atomic E-state index is 11.9. The molecule has 6 nitrogen and oxygen atoms in total. The summed E-state index contributed by atoms with van der Waals surface area (Å²) in [5.74, 6) is 0.943. The Balaban J connectivity index is 0.00000312. The van der Waals surface area contributed by atoms with E-state index in [2.05, 4.69) is 29.1 Å². The normalized spacial score (nSPS) is 21.0. The molecule has 2 aliphatic heterocycles. The van der Waals surface area contributed by atoms with E-state index in [1.54, 1.807) is 19.0 Å². The third-order valence-corrected chi connectivity index (χ3v) is 5.66. The number of hydrogen-bond donors (Lipinski definition) is 1. The molecule has 0 aromatic heterocycles. The van der Waals surface area contributed by atoms with E-state index in [-0.39, 0.29) is 36.4 Å². The Morgan fingerprint density at radius 1 is 1.28 bits per heavy atom. The highest BCUT2D eigenvalue weighted by molar-refractivity contribution is 14.0. The second-order valence-corrected chi connectivity index (χ2v) is 7.34. The van der Waals surface area contributed by atoms with E-state index in [1.807, 2.05) is 0 Å². The van der Waals surface area contributed by atoms with Crippen LogP contribution in [0.2, 0.25) is 0 Å². The third kappa shape index (κ3) is 6.27. The Morgan fingerprint density at radius 3 is 2.44 bits per heavy atom. The Bertz CT molecular complexity index is 446. The van der Waals surface area contributed by atoms with Gasteiger partial charge in [0.25, 0.3) is 0 Å². The molecule has 0 aromatic rings. The van der Waals surface area contributed by atoms with Crippen LogP contribution in [0.25, 0.3) is 0 Å². The van der Waals surface area contributed by atoms with E-state index in [0.717, 1.165) is 45.1 Å². The molecular weight excluding hydrogens is 431 g/mol. The quantitative estimate of drug-likeness (QED) is 0.384. The highest BCUT2D eigenvalue weighted by Crippen LogP contribution is 2.37. The van der Waals surface area contributed by atoms with Crippen LogP contribution in [0.4, 0.5) is 0 Å². The number of halogens is 1. The van der Waals surface area contributed by atoms with Gasteiger partial charge < -0.3 is 19.9 Å². The first-order chi connectivity index (χ1) is 11.5. The van der Waals surface area contributed by atoms with Gasteiger partial charge >= 0.3 is 0 Å². The lowest BCUT2D eigenvalue weighted by Crippen LogP contribution is -2.48. The predicted molar refractivity (Wildman–Crippen MR) is 113 cm³/mol. The third-order valence-electron chi connectivity index (χ3n) is 5.66. The molecule has 0 atom stereocenters. The van der Waals surface area contributed by atoms with Crippen LogP contribution >= 0.6 is 24.0 Å². The first-order valence-corrected chi connectivity index (χ1v) is 9.33. The van der Waals surface area contributed by atoms with Crippen molar-refractivity contribution in [3.63, 3.8) is 0 Å². The molecule has 0 saturated carbocycles. The summed E-state index contributed by atoms with van der Waals surface area (Å²) in [6.45, 7) is 8.43. The lowest BCUT2D eigenvalue weighted by molar-refractivity contribution is -0.127. The van der Waals surface area contributed by atoms with Crippen LogP contribution in [-0.4, -0.2) is 74.7 Å². The second-order valence-electron chi connectivity index (χ2n) is 7.34. The van der Waals surface area contributed by atoms with Gasteiger partial charge in [-0.1, -0.05) is 13.8 Å². The van der Waals surface area contributed by atoms with E-state index < -0.39 is 0 Å². The molecule has 0 radical (unpaired) electrons. The van der Waals surface area contributed by atoms with Crippen LogP contribution in [0.5, 0.6) is 0 Å².